The van der Waals surface area contributed by atoms with Crippen LogP contribution in [0.2, 0.25) is 0 Å². The lowest BCUT2D eigenvalue weighted by molar-refractivity contribution is -0.384. The van der Waals surface area contributed by atoms with Gasteiger partial charge in [0.1, 0.15) is 17.9 Å². The van der Waals surface area contributed by atoms with Gasteiger partial charge in [0.05, 0.1) is 17.2 Å². The summed E-state index contributed by atoms with van der Waals surface area (Å²) in [4.78, 5) is 23.7. The predicted octanol–water partition coefficient (Wildman–Crippen LogP) is 5.14. The number of hydrogen-bond donors (Lipinski definition) is 1. The number of ether oxygens (including phenoxy) is 2. The second kappa shape index (κ2) is 9.24. The molecule has 1 atom stereocenters. The Hall–Kier alpha value is -4.83. The quantitative estimate of drug-likeness (QED) is 0.219. The number of rotatable bonds is 5. The lowest BCUT2D eigenvalue weighted by Crippen LogP contribution is -2.23. The van der Waals surface area contributed by atoms with Crippen molar-refractivity contribution in [3.63, 3.8) is 0 Å². The first-order valence-electron chi connectivity index (χ1n) is 12.1. The number of nitro groups is 1. The third kappa shape index (κ3) is 3.91. The van der Waals surface area contributed by atoms with Crippen molar-refractivity contribution in [1.82, 2.24) is 14.8 Å². The summed E-state index contributed by atoms with van der Waals surface area (Å²) in [6.45, 7) is 3.18. The number of non-ortho nitro benzene ring substituents is 1. The van der Waals surface area contributed by atoms with E-state index < -0.39 is 4.92 Å². The molecule has 1 aromatic heterocycles. The Balaban J connectivity index is 1.55. The van der Waals surface area contributed by atoms with Gasteiger partial charge < -0.3 is 19.3 Å². The van der Waals surface area contributed by atoms with Crippen LogP contribution in [-0.4, -0.2) is 52.1 Å². The van der Waals surface area contributed by atoms with Crippen molar-refractivity contribution in [2.45, 2.75) is 13.2 Å². The van der Waals surface area contributed by atoms with E-state index in [1.165, 1.54) is 12.1 Å². The number of nitrogens with one attached hydrogen (secondary N) is 1. The van der Waals surface area contributed by atoms with Gasteiger partial charge in [-0.05, 0) is 48.4 Å². The number of aliphatic imine (C=N–C) groups is 1. The number of nitro benzene ring substituents is 1. The summed E-state index contributed by atoms with van der Waals surface area (Å²) in [5.41, 5.74) is 6.15. The first-order valence-corrected chi connectivity index (χ1v) is 12.1. The number of aryl methyl sites for hydroxylation is 1. The zero-order valence-corrected chi connectivity index (χ0v) is 20.8. The molecule has 10 nitrogen and oxygen atoms in total. The minimum atomic E-state index is -0.412. The lowest BCUT2D eigenvalue weighted by atomic mass is 9.92. The molecule has 3 aliphatic heterocycles. The minimum Gasteiger partial charge on any atom is -0.439 e. The Labute approximate surface area is 218 Å². The third-order valence-corrected chi connectivity index (χ3v) is 6.80. The molecule has 0 aliphatic carbocycles. The first-order chi connectivity index (χ1) is 18.4. The van der Waals surface area contributed by atoms with Crippen LogP contribution in [0.25, 0.3) is 11.3 Å². The number of nitrogens with zero attached hydrogens (tertiary/aromatic N) is 5. The second-order valence-electron chi connectivity index (χ2n) is 9.14. The predicted molar refractivity (Wildman–Crippen MR) is 143 cm³/mol. The maximum atomic E-state index is 11.3. The molecule has 1 fully saturated rings. The Morgan fingerprint density at radius 2 is 2.03 bits per heavy atom. The highest BCUT2D eigenvalue weighted by Crippen LogP contribution is 2.48. The van der Waals surface area contributed by atoms with Gasteiger partial charge in [0.15, 0.2) is 6.23 Å². The van der Waals surface area contributed by atoms with E-state index in [2.05, 4.69) is 14.9 Å². The van der Waals surface area contributed by atoms with Gasteiger partial charge >= 0.3 is 0 Å². The fourth-order valence-corrected chi connectivity index (χ4v) is 5.17. The fourth-order valence-electron chi connectivity index (χ4n) is 5.17. The van der Waals surface area contributed by atoms with Crippen LogP contribution in [0.1, 0.15) is 28.6 Å². The van der Waals surface area contributed by atoms with Crippen LogP contribution in [0, 0.1) is 22.4 Å². The molecular weight excluding hydrogens is 484 g/mol. The monoisotopic (exact) mass is 508 g/mol. The third-order valence-electron chi connectivity index (χ3n) is 6.80. The molecule has 0 bridgehead atoms. The van der Waals surface area contributed by atoms with Crippen LogP contribution in [-0.2, 0) is 4.74 Å². The summed E-state index contributed by atoms with van der Waals surface area (Å²) in [6.07, 6.45) is 2.74. The van der Waals surface area contributed by atoms with Gasteiger partial charge in [0, 0.05) is 60.4 Å². The summed E-state index contributed by atoms with van der Waals surface area (Å²) < 4.78 is 12.3. The zero-order chi connectivity index (χ0) is 26.4. The summed E-state index contributed by atoms with van der Waals surface area (Å²) in [7, 11) is 1.89. The van der Waals surface area contributed by atoms with E-state index in [1.807, 2.05) is 61.5 Å². The molecular formula is C28H24N6O4. The number of likely N-dealkylation sites (N-methyl/N-ethyl adjacent to an activating group) is 1. The molecule has 3 aromatic rings. The molecule has 0 saturated carbocycles. The Morgan fingerprint density at radius 3 is 2.76 bits per heavy atom. The van der Waals surface area contributed by atoms with Crippen LogP contribution in [0.4, 0.5) is 5.69 Å². The van der Waals surface area contributed by atoms with Gasteiger partial charge in [-0.25, -0.2) is 9.98 Å². The van der Waals surface area contributed by atoms with Crippen LogP contribution in [0.15, 0.2) is 77.4 Å². The van der Waals surface area contributed by atoms with Crippen molar-refractivity contribution in [3.8, 4) is 11.6 Å². The molecule has 0 amide bonds. The molecule has 4 heterocycles. The molecule has 190 valence electrons. The number of aromatic nitrogens is 1. The van der Waals surface area contributed by atoms with Gasteiger partial charge in [-0.2, -0.15) is 0 Å². The Morgan fingerprint density at radius 1 is 1.21 bits per heavy atom. The van der Waals surface area contributed by atoms with E-state index in [9.17, 15) is 10.1 Å². The molecule has 6 rings (SSSR count). The smallest absolute Gasteiger partial charge is 0.269 e. The zero-order valence-electron chi connectivity index (χ0n) is 20.8. The second-order valence-corrected chi connectivity index (χ2v) is 9.14. The largest absolute Gasteiger partial charge is 0.439 e. The van der Waals surface area contributed by atoms with Crippen LogP contribution < -0.4 is 4.74 Å². The average Bonchev–Trinajstić information content (AvgIpc) is 3.44. The molecule has 1 saturated heterocycles. The highest BCUT2D eigenvalue weighted by Gasteiger charge is 2.40. The van der Waals surface area contributed by atoms with Gasteiger partial charge in [-0.3, -0.25) is 15.5 Å². The standard InChI is InChI=1S/C28H24N6O4/c1-17-4-3-5-24(31-17)38-20-10-11-21-22(14-20)28-33(12-13-37-28)15-23-25(21)26(32(2)27(23)30-16-29)18-6-8-19(9-7-18)34(35)36/h3-11,14-16,28-29H,12-13H2,1-2H3. The van der Waals surface area contributed by atoms with Crippen LogP contribution in [0.3, 0.4) is 0 Å². The van der Waals surface area contributed by atoms with Crippen molar-refractivity contribution >= 4 is 29.1 Å². The molecule has 38 heavy (non-hydrogen) atoms. The highest BCUT2D eigenvalue weighted by molar-refractivity contribution is 6.27. The van der Waals surface area contributed by atoms with Crippen molar-refractivity contribution < 1.29 is 14.4 Å². The van der Waals surface area contributed by atoms with E-state index in [0.717, 1.165) is 45.6 Å². The molecule has 0 radical (unpaired) electrons. The Bertz CT molecular complexity index is 1560. The molecule has 1 N–H and O–H groups in total. The summed E-state index contributed by atoms with van der Waals surface area (Å²) in [6, 6.07) is 18.0. The first kappa shape index (κ1) is 23.6. The van der Waals surface area contributed by atoms with Gasteiger partial charge in [-0.15, -0.1) is 0 Å². The van der Waals surface area contributed by atoms with Gasteiger partial charge in [-0.1, -0.05) is 12.1 Å². The summed E-state index contributed by atoms with van der Waals surface area (Å²) in [5, 5.41) is 18.9. The summed E-state index contributed by atoms with van der Waals surface area (Å²) >= 11 is 0. The number of fused-ring (bicyclic) bond motifs is 5. The van der Waals surface area contributed by atoms with Gasteiger partial charge in [0.25, 0.3) is 5.69 Å². The SMILES string of the molecule is Cc1cccc(Oc2ccc3c(c2)C2OCCN2C=C2C(=NC=N)N(C)C(c4ccc([N+](=O)[O-])cc4)=C23)n1. The van der Waals surface area contributed by atoms with Crippen molar-refractivity contribution in [2.24, 2.45) is 4.99 Å². The number of benzene rings is 2. The molecule has 2 aromatic carbocycles. The normalized spacial score (nSPS) is 19.1. The molecule has 3 aliphatic rings. The molecule has 0 spiro atoms. The fraction of sp³-hybridized carbons (Fsp3) is 0.179. The van der Waals surface area contributed by atoms with Gasteiger partial charge in [0.2, 0.25) is 5.88 Å². The summed E-state index contributed by atoms with van der Waals surface area (Å²) in [5.74, 6) is 1.76. The van der Waals surface area contributed by atoms with E-state index in [0.29, 0.717) is 30.6 Å². The minimum absolute atomic E-state index is 0.0195. The highest BCUT2D eigenvalue weighted by atomic mass is 16.6. The number of amidine groups is 1. The van der Waals surface area contributed by atoms with E-state index in [4.69, 9.17) is 14.9 Å². The average molecular weight is 509 g/mol. The lowest BCUT2D eigenvalue weighted by Gasteiger charge is -2.23. The Kier molecular flexibility index (Phi) is 5.73. The van der Waals surface area contributed by atoms with Crippen LogP contribution >= 0.6 is 0 Å². The van der Waals surface area contributed by atoms with Crippen LogP contribution in [0.5, 0.6) is 11.6 Å². The number of hydrogen-bond acceptors (Lipinski definition) is 7. The topological polar surface area (TPSA) is 117 Å². The molecule has 10 heteroatoms. The van der Waals surface area contributed by atoms with Crippen molar-refractivity contribution in [2.75, 3.05) is 20.2 Å². The number of pyridine rings is 1. The maximum absolute atomic E-state index is 11.3. The van der Waals surface area contributed by atoms with Crippen molar-refractivity contribution in [3.05, 3.63) is 105 Å². The molecule has 1 unspecified atom stereocenters. The van der Waals surface area contributed by atoms with E-state index in [1.54, 1.807) is 12.1 Å². The van der Waals surface area contributed by atoms with E-state index in [-0.39, 0.29) is 11.9 Å². The van der Waals surface area contributed by atoms with Crippen molar-refractivity contribution in [1.29, 1.82) is 5.41 Å². The maximum Gasteiger partial charge on any atom is 0.269 e. The van der Waals surface area contributed by atoms with E-state index >= 15 is 0 Å².